The van der Waals surface area contributed by atoms with E-state index in [0.29, 0.717) is 0 Å². The molecule has 2 heterocycles. The van der Waals surface area contributed by atoms with Crippen LogP contribution in [0.4, 0.5) is 0 Å². The normalized spacial score (nSPS) is 24.0. The molecule has 2 aliphatic heterocycles. The van der Waals surface area contributed by atoms with Crippen molar-refractivity contribution in [3.05, 3.63) is 59.7 Å². The molecule has 2 unspecified atom stereocenters. The standard InChI is InChI=1S/C18H19NO2/c1-20-14-9-10-16-15(12-14)18(13-6-3-2-4-7-13)19-11-5-8-17(19)21-16/h2-4,6-7,9-10,12,17-18H,5,8,11H2,1H3. The molecule has 0 aliphatic carbocycles. The summed E-state index contributed by atoms with van der Waals surface area (Å²) in [7, 11) is 1.71. The van der Waals surface area contributed by atoms with Crippen molar-refractivity contribution in [3.63, 3.8) is 0 Å². The van der Waals surface area contributed by atoms with E-state index in [-0.39, 0.29) is 12.3 Å². The molecule has 2 aromatic rings. The van der Waals surface area contributed by atoms with E-state index in [1.807, 2.05) is 12.1 Å². The number of nitrogens with zero attached hydrogens (tertiary/aromatic N) is 1. The van der Waals surface area contributed by atoms with Crippen LogP contribution in [0.15, 0.2) is 48.5 Å². The molecule has 0 amide bonds. The Balaban J connectivity index is 1.86. The highest BCUT2D eigenvalue weighted by Crippen LogP contribution is 2.44. The van der Waals surface area contributed by atoms with Crippen molar-refractivity contribution in [2.24, 2.45) is 0 Å². The van der Waals surface area contributed by atoms with Crippen LogP contribution in [0.25, 0.3) is 0 Å². The highest BCUT2D eigenvalue weighted by atomic mass is 16.5. The number of rotatable bonds is 2. The van der Waals surface area contributed by atoms with Gasteiger partial charge in [-0.2, -0.15) is 0 Å². The first-order valence-corrected chi connectivity index (χ1v) is 7.52. The minimum atomic E-state index is 0.205. The first-order chi connectivity index (χ1) is 10.4. The van der Waals surface area contributed by atoms with Crippen LogP contribution in [0.5, 0.6) is 11.5 Å². The topological polar surface area (TPSA) is 21.7 Å². The molecule has 3 nitrogen and oxygen atoms in total. The fourth-order valence-corrected chi connectivity index (χ4v) is 3.49. The lowest BCUT2D eigenvalue weighted by Crippen LogP contribution is -2.41. The minimum Gasteiger partial charge on any atom is -0.497 e. The van der Waals surface area contributed by atoms with Crippen molar-refractivity contribution < 1.29 is 9.47 Å². The number of benzene rings is 2. The summed E-state index contributed by atoms with van der Waals surface area (Å²) in [4.78, 5) is 2.47. The molecule has 0 radical (unpaired) electrons. The molecule has 1 fully saturated rings. The van der Waals surface area contributed by atoms with Crippen molar-refractivity contribution in [1.82, 2.24) is 4.90 Å². The van der Waals surface area contributed by atoms with E-state index in [9.17, 15) is 0 Å². The molecule has 0 N–H and O–H groups in total. The van der Waals surface area contributed by atoms with Crippen LogP contribution >= 0.6 is 0 Å². The van der Waals surface area contributed by atoms with Gasteiger partial charge in [0.05, 0.1) is 13.2 Å². The Labute approximate surface area is 125 Å². The van der Waals surface area contributed by atoms with Gasteiger partial charge in [0.15, 0.2) is 6.23 Å². The number of hydrogen-bond donors (Lipinski definition) is 0. The molecule has 4 rings (SSSR count). The fourth-order valence-electron chi connectivity index (χ4n) is 3.49. The number of ether oxygens (including phenoxy) is 2. The molecule has 0 aromatic heterocycles. The first kappa shape index (κ1) is 12.7. The van der Waals surface area contributed by atoms with Crippen LogP contribution in [-0.4, -0.2) is 24.8 Å². The van der Waals surface area contributed by atoms with Crippen molar-refractivity contribution in [3.8, 4) is 11.5 Å². The second kappa shape index (κ2) is 5.08. The molecular formula is C18H19NO2. The van der Waals surface area contributed by atoms with E-state index < -0.39 is 0 Å². The molecular weight excluding hydrogens is 262 g/mol. The zero-order valence-corrected chi connectivity index (χ0v) is 12.2. The molecule has 2 atom stereocenters. The van der Waals surface area contributed by atoms with Gasteiger partial charge in [-0.25, -0.2) is 0 Å². The van der Waals surface area contributed by atoms with Gasteiger partial charge in [-0.1, -0.05) is 30.3 Å². The Morgan fingerprint density at radius 3 is 2.81 bits per heavy atom. The van der Waals surface area contributed by atoms with Crippen LogP contribution in [0.2, 0.25) is 0 Å². The Morgan fingerprint density at radius 1 is 1.14 bits per heavy atom. The number of methoxy groups -OCH3 is 1. The smallest absolute Gasteiger partial charge is 0.153 e. The summed E-state index contributed by atoms with van der Waals surface area (Å²) in [5.74, 6) is 1.88. The Hall–Kier alpha value is -2.00. The first-order valence-electron chi connectivity index (χ1n) is 7.52. The average Bonchev–Trinajstić information content (AvgIpc) is 3.00. The van der Waals surface area contributed by atoms with E-state index in [0.717, 1.165) is 24.5 Å². The highest BCUT2D eigenvalue weighted by Gasteiger charge is 2.39. The second-order valence-electron chi connectivity index (χ2n) is 5.67. The molecule has 2 aromatic carbocycles. The summed E-state index contributed by atoms with van der Waals surface area (Å²) >= 11 is 0. The molecule has 0 saturated carbocycles. The number of hydrogen-bond acceptors (Lipinski definition) is 3. The molecule has 1 saturated heterocycles. The van der Waals surface area contributed by atoms with Gasteiger partial charge in [0.1, 0.15) is 11.5 Å². The number of fused-ring (bicyclic) bond motifs is 2. The molecule has 0 spiro atoms. The minimum absolute atomic E-state index is 0.205. The lowest BCUT2D eigenvalue weighted by atomic mass is 9.95. The zero-order valence-electron chi connectivity index (χ0n) is 12.2. The largest absolute Gasteiger partial charge is 0.497 e. The van der Waals surface area contributed by atoms with Crippen LogP contribution in [-0.2, 0) is 0 Å². The third-order valence-electron chi connectivity index (χ3n) is 4.46. The summed E-state index contributed by atoms with van der Waals surface area (Å²) < 4.78 is 11.6. The van der Waals surface area contributed by atoms with Gasteiger partial charge in [-0.15, -0.1) is 0 Å². The van der Waals surface area contributed by atoms with Gasteiger partial charge in [0, 0.05) is 12.1 Å². The summed E-state index contributed by atoms with van der Waals surface area (Å²) in [5, 5.41) is 0. The van der Waals surface area contributed by atoms with E-state index in [2.05, 4.69) is 41.3 Å². The molecule has 0 bridgehead atoms. The van der Waals surface area contributed by atoms with Crippen molar-refractivity contribution >= 4 is 0 Å². The van der Waals surface area contributed by atoms with Gasteiger partial charge in [0.2, 0.25) is 0 Å². The second-order valence-corrected chi connectivity index (χ2v) is 5.67. The summed E-state index contributed by atoms with van der Waals surface area (Å²) in [6.45, 7) is 1.08. The molecule has 108 valence electrons. The Kier molecular flexibility index (Phi) is 3.08. The Morgan fingerprint density at radius 2 is 2.00 bits per heavy atom. The monoisotopic (exact) mass is 281 g/mol. The van der Waals surface area contributed by atoms with Crippen LogP contribution in [0, 0.1) is 0 Å². The SMILES string of the molecule is COc1ccc2c(c1)C(c1ccccc1)N1CCCC1O2. The Bertz CT molecular complexity index is 641. The lowest BCUT2D eigenvalue weighted by molar-refractivity contribution is 0.0166. The average molecular weight is 281 g/mol. The van der Waals surface area contributed by atoms with Gasteiger partial charge in [-0.3, -0.25) is 4.90 Å². The molecule has 21 heavy (non-hydrogen) atoms. The van der Waals surface area contributed by atoms with E-state index in [1.165, 1.54) is 17.5 Å². The summed E-state index contributed by atoms with van der Waals surface area (Å²) in [6.07, 6.45) is 2.50. The summed E-state index contributed by atoms with van der Waals surface area (Å²) in [6, 6.07) is 17.1. The quantitative estimate of drug-likeness (QED) is 0.839. The maximum Gasteiger partial charge on any atom is 0.153 e. The third kappa shape index (κ3) is 2.09. The predicted octanol–water partition coefficient (Wildman–Crippen LogP) is 3.60. The zero-order chi connectivity index (χ0) is 14.2. The maximum absolute atomic E-state index is 6.18. The van der Waals surface area contributed by atoms with Gasteiger partial charge >= 0.3 is 0 Å². The van der Waals surface area contributed by atoms with Crippen LogP contribution in [0.3, 0.4) is 0 Å². The van der Waals surface area contributed by atoms with Crippen LogP contribution < -0.4 is 9.47 Å². The maximum atomic E-state index is 6.18. The predicted molar refractivity (Wildman–Crippen MR) is 81.6 cm³/mol. The van der Waals surface area contributed by atoms with Gasteiger partial charge in [0.25, 0.3) is 0 Å². The summed E-state index contributed by atoms with van der Waals surface area (Å²) in [5.41, 5.74) is 2.53. The molecule has 2 aliphatic rings. The lowest BCUT2D eigenvalue weighted by Gasteiger charge is -2.39. The van der Waals surface area contributed by atoms with Crippen molar-refractivity contribution in [1.29, 1.82) is 0 Å². The highest BCUT2D eigenvalue weighted by molar-refractivity contribution is 5.47. The molecule has 3 heteroatoms. The van der Waals surface area contributed by atoms with Gasteiger partial charge in [-0.05, 0) is 36.6 Å². The van der Waals surface area contributed by atoms with Crippen molar-refractivity contribution in [2.45, 2.75) is 25.1 Å². The third-order valence-corrected chi connectivity index (χ3v) is 4.46. The van der Waals surface area contributed by atoms with E-state index >= 15 is 0 Å². The fraction of sp³-hybridized carbons (Fsp3) is 0.333. The van der Waals surface area contributed by atoms with Crippen molar-refractivity contribution in [2.75, 3.05) is 13.7 Å². The van der Waals surface area contributed by atoms with E-state index in [4.69, 9.17) is 9.47 Å². The van der Waals surface area contributed by atoms with Gasteiger partial charge < -0.3 is 9.47 Å². The van der Waals surface area contributed by atoms with E-state index in [1.54, 1.807) is 7.11 Å². The van der Waals surface area contributed by atoms with Crippen LogP contribution in [0.1, 0.15) is 30.0 Å².